The second-order valence-corrected chi connectivity index (χ2v) is 4.85. The molecule has 0 spiro atoms. The molecule has 0 saturated heterocycles. The Morgan fingerprint density at radius 2 is 1.35 bits per heavy atom. The number of benzene rings is 2. The molecule has 5 heteroatoms. The molecule has 2 aromatic rings. The standard InChI is InChI=1S/C12H14N4S/c13-7-1-2-12(11(16)6-7)17-10-4-8(14)3-9(15)5-10/h1-6H,13-16H2. The zero-order chi connectivity index (χ0) is 12.4. The number of rotatable bonds is 2. The predicted octanol–water partition coefficient (Wildman–Crippen LogP) is 2.17. The summed E-state index contributed by atoms with van der Waals surface area (Å²) in [6, 6.07) is 10.9. The Labute approximate surface area is 104 Å². The largest absolute Gasteiger partial charge is 0.399 e. The predicted molar refractivity (Wildman–Crippen MR) is 74.7 cm³/mol. The van der Waals surface area contributed by atoms with Gasteiger partial charge in [0.05, 0.1) is 0 Å². The van der Waals surface area contributed by atoms with Crippen LogP contribution in [0.1, 0.15) is 0 Å². The van der Waals surface area contributed by atoms with Crippen LogP contribution in [0.15, 0.2) is 46.2 Å². The minimum atomic E-state index is 0.640. The first kappa shape index (κ1) is 11.5. The summed E-state index contributed by atoms with van der Waals surface area (Å²) >= 11 is 1.51. The van der Waals surface area contributed by atoms with Gasteiger partial charge in [0, 0.05) is 32.5 Å². The third-order valence-electron chi connectivity index (χ3n) is 2.21. The molecule has 0 atom stereocenters. The summed E-state index contributed by atoms with van der Waals surface area (Å²) in [5, 5.41) is 0. The zero-order valence-corrected chi connectivity index (χ0v) is 10.00. The molecule has 0 radical (unpaired) electrons. The van der Waals surface area contributed by atoms with Gasteiger partial charge in [-0.25, -0.2) is 0 Å². The van der Waals surface area contributed by atoms with Crippen LogP contribution in [0.25, 0.3) is 0 Å². The van der Waals surface area contributed by atoms with E-state index in [9.17, 15) is 0 Å². The van der Waals surface area contributed by atoms with Crippen LogP contribution < -0.4 is 22.9 Å². The summed E-state index contributed by atoms with van der Waals surface area (Å²) in [6.07, 6.45) is 0. The van der Waals surface area contributed by atoms with Gasteiger partial charge in [0.1, 0.15) is 0 Å². The fraction of sp³-hybridized carbons (Fsp3) is 0. The maximum absolute atomic E-state index is 5.88. The molecule has 0 aliphatic rings. The van der Waals surface area contributed by atoms with E-state index in [-0.39, 0.29) is 0 Å². The van der Waals surface area contributed by atoms with Crippen LogP contribution in [0.4, 0.5) is 22.7 Å². The van der Waals surface area contributed by atoms with Gasteiger partial charge in [-0.3, -0.25) is 0 Å². The fourth-order valence-electron chi connectivity index (χ4n) is 1.49. The number of nitrogen functional groups attached to an aromatic ring is 4. The minimum absolute atomic E-state index is 0.640. The topological polar surface area (TPSA) is 104 Å². The van der Waals surface area contributed by atoms with Crippen molar-refractivity contribution in [2.75, 3.05) is 22.9 Å². The molecule has 4 nitrogen and oxygen atoms in total. The van der Waals surface area contributed by atoms with Gasteiger partial charge in [-0.05, 0) is 36.4 Å². The molecule has 0 unspecified atom stereocenters. The monoisotopic (exact) mass is 246 g/mol. The first-order valence-corrected chi connectivity index (χ1v) is 5.85. The Kier molecular flexibility index (Phi) is 3.01. The fourth-order valence-corrected chi connectivity index (χ4v) is 2.45. The van der Waals surface area contributed by atoms with Crippen LogP contribution in [0.5, 0.6) is 0 Å². The number of nitrogens with two attached hydrogens (primary N) is 4. The van der Waals surface area contributed by atoms with E-state index < -0.39 is 0 Å². The Balaban J connectivity index is 2.31. The molecule has 2 aromatic carbocycles. The van der Waals surface area contributed by atoms with Crippen molar-refractivity contribution in [3.8, 4) is 0 Å². The first-order valence-electron chi connectivity index (χ1n) is 5.03. The van der Waals surface area contributed by atoms with Crippen molar-refractivity contribution < 1.29 is 0 Å². The van der Waals surface area contributed by atoms with Crippen LogP contribution in [0.3, 0.4) is 0 Å². The van der Waals surface area contributed by atoms with Crippen molar-refractivity contribution in [3.63, 3.8) is 0 Å². The van der Waals surface area contributed by atoms with Gasteiger partial charge >= 0.3 is 0 Å². The van der Waals surface area contributed by atoms with E-state index in [4.69, 9.17) is 22.9 Å². The van der Waals surface area contributed by atoms with Crippen molar-refractivity contribution in [1.29, 1.82) is 0 Å². The van der Waals surface area contributed by atoms with Crippen molar-refractivity contribution >= 4 is 34.5 Å². The number of anilines is 4. The highest BCUT2D eigenvalue weighted by Gasteiger charge is 2.04. The molecule has 17 heavy (non-hydrogen) atoms. The Hall–Kier alpha value is -2.01. The third-order valence-corrected chi connectivity index (χ3v) is 3.28. The normalized spacial score (nSPS) is 10.4. The summed E-state index contributed by atoms with van der Waals surface area (Å²) in [4.78, 5) is 1.89. The molecular formula is C12H14N4S. The van der Waals surface area contributed by atoms with Crippen LogP contribution >= 0.6 is 11.8 Å². The lowest BCUT2D eigenvalue weighted by atomic mass is 10.3. The average Bonchev–Trinajstić information content (AvgIpc) is 2.21. The second-order valence-electron chi connectivity index (χ2n) is 3.73. The summed E-state index contributed by atoms with van der Waals surface area (Å²) < 4.78 is 0. The number of hydrogen-bond acceptors (Lipinski definition) is 5. The quantitative estimate of drug-likeness (QED) is 0.608. The molecule has 0 aliphatic carbocycles. The van der Waals surface area contributed by atoms with Crippen molar-refractivity contribution in [2.45, 2.75) is 9.79 Å². The second kappa shape index (κ2) is 4.47. The van der Waals surface area contributed by atoms with Gasteiger partial charge < -0.3 is 22.9 Å². The van der Waals surface area contributed by atoms with Gasteiger partial charge in [0.25, 0.3) is 0 Å². The lowest BCUT2D eigenvalue weighted by molar-refractivity contribution is 1.41. The molecule has 2 rings (SSSR count). The summed E-state index contributed by atoms with van der Waals surface area (Å²) in [6.45, 7) is 0. The molecule has 0 saturated carbocycles. The van der Waals surface area contributed by atoms with Gasteiger partial charge in [-0.1, -0.05) is 11.8 Å². The zero-order valence-electron chi connectivity index (χ0n) is 9.18. The van der Waals surface area contributed by atoms with Gasteiger partial charge in [-0.15, -0.1) is 0 Å². The average molecular weight is 246 g/mol. The van der Waals surface area contributed by atoms with Gasteiger partial charge in [0.15, 0.2) is 0 Å². The van der Waals surface area contributed by atoms with Gasteiger partial charge in [-0.2, -0.15) is 0 Å². The maximum Gasteiger partial charge on any atom is 0.0476 e. The molecule has 88 valence electrons. The van der Waals surface area contributed by atoms with E-state index in [0.717, 1.165) is 9.79 Å². The van der Waals surface area contributed by atoms with E-state index in [1.54, 1.807) is 12.1 Å². The smallest absolute Gasteiger partial charge is 0.0476 e. The van der Waals surface area contributed by atoms with E-state index in [1.807, 2.05) is 24.3 Å². The van der Waals surface area contributed by atoms with Crippen LogP contribution in [-0.4, -0.2) is 0 Å². The van der Waals surface area contributed by atoms with Crippen LogP contribution in [0, 0.1) is 0 Å². The summed E-state index contributed by atoms with van der Waals surface area (Å²) in [5.41, 5.74) is 25.6. The minimum Gasteiger partial charge on any atom is -0.399 e. The Morgan fingerprint density at radius 3 is 1.94 bits per heavy atom. The van der Waals surface area contributed by atoms with Crippen molar-refractivity contribution in [3.05, 3.63) is 36.4 Å². The maximum atomic E-state index is 5.88. The Morgan fingerprint density at radius 1 is 0.706 bits per heavy atom. The molecule has 8 N–H and O–H groups in total. The Bertz CT molecular complexity index is 534. The SMILES string of the molecule is Nc1cc(N)cc(Sc2ccc(N)cc2N)c1. The summed E-state index contributed by atoms with van der Waals surface area (Å²) in [5.74, 6) is 0. The van der Waals surface area contributed by atoms with E-state index in [2.05, 4.69) is 0 Å². The van der Waals surface area contributed by atoms with E-state index >= 15 is 0 Å². The highest BCUT2D eigenvalue weighted by atomic mass is 32.2. The lowest BCUT2D eigenvalue weighted by Crippen LogP contribution is -1.93. The molecule has 0 bridgehead atoms. The van der Waals surface area contributed by atoms with E-state index in [1.165, 1.54) is 11.8 Å². The van der Waals surface area contributed by atoms with Crippen molar-refractivity contribution in [1.82, 2.24) is 0 Å². The molecular weight excluding hydrogens is 232 g/mol. The molecule has 0 amide bonds. The lowest BCUT2D eigenvalue weighted by Gasteiger charge is -2.07. The highest BCUT2D eigenvalue weighted by molar-refractivity contribution is 7.99. The highest BCUT2D eigenvalue weighted by Crippen LogP contribution is 2.34. The van der Waals surface area contributed by atoms with Crippen LogP contribution in [-0.2, 0) is 0 Å². The first-order chi connectivity index (χ1) is 8.04. The van der Waals surface area contributed by atoms with Gasteiger partial charge in [0.2, 0.25) is 0 Å². The molecule has 0 aliphatic heterocycles. The molecule has 0 fully saturated rings. The van der Waals surface area contributed by atoms with Crippen molar-refractivity contribution in [2.24, 2.45) is 0 Å². The number of hydrogen-bond donors (Lipinski definition) is 4. The summed E-state index contributed by atoms with van der Waals surface area (Å²) in [7, 11) is 0. The molecule has 0 aromatic heterocycles. The van der Waals surface area contributed by atoms with Crippen LogP contribution in [0.2, 0.25) is 0 Å². The van der Waals surface area contributed by atoms with E-state index in [0.29, 0.717) is 22.7 Å². The molecule has 0 heterocycles. The third kappa shape index (κ3) is 2.76.